The average molecular weight is 345 g/mol. The first-order chi connectivity index (χ1) is 10.8. The van der Waals surface area contributed by atoms with Crippen LogP contribution in [-0.4, -0.2) is 80.0 Å². The lowest BCUT2D eigenvalue weighted by molar-refractivity contribution is 0.285. The van der Waals surface area contributed by atoms with Crippen LogP contribution in [0.2, 0.25) is 0 Å². The summed E-state index contributed by atoms with van der Waals surface area (Å²) in [7, 11) is -3.02. The van der Waals surface area contributed by atoms with Crippen LogP contribution in [0, 0.1) is 0 Å². The topological polar surface area (TPSA) is 65.0 Å². The number of sulfone groups is 1. The number of rotatable bonds is 6. The Kier molecular flexibility index (Phi) is 5.94. The summed E-state index contributed by atoms with van der Waals surface area (Å²) in [4.78, 5) is 9.32. The first-order valence-electron chi connectivity index (χ1n) is 8.80. The number of likely N-dealkylation sites (N-methyl/N-ethyl adjacent to an activating group) is 1. The van der Waals surface area contributed by atoms with Gasteiger partial charge in [-0.05, 0) is 40.2 Å². The molecule has 2 aliphatic rings. The highest BCUT2D eigenvalue weighted by Gasteiger charge is 2.41. The van der Waals surface area contributed by atoms with Crippen molar-refractivity contribution in [1.29, 1.82) is 0 Å². The molecule has 0 aromatic carbocycles. The molecule has 1 heterocycles. The Morgan fingerprint density at radius 3 is 2.57 bits per heavy atom. The van der Waals surface area contributed by atoms with Gasteiger partial charge in [0, 0.05) is 32.2 Å². The van der Waals surface area contributed by atoms with Gasteiger partial charge in [0.15, 0.2) is 15.8 Å². The van der Waals surface area contributed by atoms with E-state index >= 15 is 0 Å². The number of hydrogen-bond acceptors (Lipinski definition) is 4. The fourth-order valence-corrected chi connectivity index (χ4v) is 4.44. The van der Waals surface area contributed by atoms with E-state index in [1.54, 1.807) is 0 Å². The van der Waals surface area contributed by atoms with E-state index in [4.69, 9.17) is 4.99 Å². The summed E-state index contributed by atoms with van der Waals surface area (Å²) in [5.74, 6) is 1.05. The van der Waals surface area contributed by atoms with Crippen molar-refractivity contribution in [2.75, 3.05) is 45.0 Å². The van der Waals surface area contributed by atoms with E-state index in [9.17, 15) is 8.42 Å². The first-order valence-corrected chi connectivity index (χ1v) is 10.5. The zero-order valence-corrected chi connectivity index (χ0v) is 15.8. The van der Waals surface area contributed by atoms with E-state index in [0.29, 0.717) is 13.1 Å². The van der Waals surface area contributed by atoms with E-state index < -0.39 is 14.6 Å². The van der Waals surface area contributed by atoms with Gasteiger partial charge in [-0.1, -0.05) is 6.92 Å². The van der Waals surface area contributed by atoms with Crippen LogP contribution in [0.5, 0.6) is 0 Å². The second-order valence-electron chi connectivity index (χ2n) is 7.10. The van der Waals surface area contributed by atoms with E-state index in [1.807, 2.05) is 20.8 Å². The summed E-state index contributed by atoms with van der Waals surface area (Å²) in [5, 5.41) is 3.32. The molecule has 2 fully saturated rings. The molecular weight excluding hydrogens is 312 g/mol. The zero-order valence-electron chi connectivity index (χ0n) is 15.0. The Balaban J connectivity index is 1.98. The molecule has 1 aliphatic heterocycles. The van der Waals surface area contributed by atoms with Crippen molar-refractivity contribution in [1.82, 2.24) is 15.1 Å². The van der Waals surface area contributed by atoms with Gasteiger partial charge in [0.25, 0.3) is 0 Å². The second-order valence-corrected chi connectivity index (χ2v) is 9.84. The molecule has 23 heavy (non-hydrogen) atoms. The maximum absolute atomic E-state index is 12.2. The minimum Gasteiger partial charge on any atom is -0.357 e. The van der Waals surface area contributed by atoms with Crippen LogP contribution < -0.4 is 5.32 Å². The lowest BCUT2D eigenvalue weighted by atomic mass is 10.2. The molecule has 0 amide bonds. The maximum atomic E-state index is 12.2. The highest BCUT2D eigenvalue weighted by molar-refractivity contribution is 7.92. The predicted octanol–water partition coefficient (Wildman–Crippen LogP) is 0.945. The van der Waals surface area contributed by atoms with Gasteiger partial charge in [0.1, 0.15) is 0 Å². The van der Waals surface area contributed by atoms with Crippen LogP contribution in [0.3, 0.4) is 0 Å². The Bertz CT molecular complexity index is 526. The number of nitrogens with one attached hydrogen (secondary N) is 1. The fourth-order valence-electron chi connectivity index (χ4n) is 3.07. The van der Waals surface area contributed by atoms with Crippen molar-refractivity contribution in [2.24, 2.45) is 4.99 Å². The normalized spacial score (nSPS) is 24.0. The minimum atomic E-state index is -3.02. The summed E-state index contributed by atoms with van der Waals surface area (Å²) in [6, 6.07) is 0.761. The molecule has 7 heteroatoms. The molecule has 0 radical (unpaired) electrons. The fraction of sp³-hybridized carbons (Fsp3) is 0.938. The van der Waals surface area contributed by atoms with Gasteiger partial charge in [-0.2, -0.15) is 0 Å². The summed E-state index contributed by atoms with van der Waals surface area (Å²) in [6.07, 6.45) is 2.63. The molecule has 0 bridgehead atoms. The molecule has 1 saturated heterocycles. The molecular formula is C16H32N4O2S. The van der Waals surface area contributed by atoms with Crippen LogP contribution in [0.1, 0.15) is 40.5 Å². The van der Waals surface area contributed by atoms with Gasteiger partial charge in [-0.25, -0.2) is 8.42 Å². The molecule has 0 spiro atoms. The molecule has 0 aromatic heterocycles. The third kappa shape index (κ3) is 4.59. The van der Waals surface area contributed by atoms with Gasteiger partial charge in [0.05, 0.1) is 17.0 Å². The summed E-state index contributed by atoms with van der Waals surface area (Å²) in [5.41, 5.74) is 0. The molecule has 134 valence electrons. The molecule has 1 aliphatic carbocycles. The number of aliphatic imine (C=N–C) groups is 1. The predicted molar refractivity (Wildman–Crippen MR) is 95.7 cm³/mol. The Hall–Kier alpha value is -0.820. The Labute approximate surface area is 141 Å². The van der Waals surface area contributed by atoms with E-state index in [0.717, 1.165) is 38.2 Å². The molecule has 1 saturated carbocycles. The van der Waals surface area contributed by atoms with Crippen molar-refractivity contribution >= 4 is 15.8 Å². The SMILES string of the molecule is CCNC(=NCCN(CC)C1CC1)N1CCS(=O)(=O)C(C)(C)C1. The van der Waals surface area contributed by atoms with Crippen molar-refractivity contribution < 1.29 is 8.42 Å². The largest absolute Gasteiger partial charge is 0.357 e. The third-order valence-electron chi connectivity index (χ3n) is 4.80. The van der Waals surface area contributed by atoms with Gasteiger partial charge in [0.2, 0.25) is 0 Å². The van der Waals surface area contributed by atoms with Gasteiger partial charge in [-0.15, -0.1) is 0 Å². The standard InChI is InChI=1S/C16H32N4O2S/c1-5-17-15(18-9-10-19(6-2)14-7-8-14)20-11-12-23(21,22)16(3,4)13-20/h14H,5-13H2,1-4H3,(H,17,18). The van der Waals surface area contributed by atoms with Crippen LogP contribution in [0.15, 0.2) is 4.99 Å². The van der Waals surface area contributed by atoms with E-state index in [2.05, 4.69) is 22.0 Å². The smallest absolute Gasteiger partial charge is 0.194 e. The van der Waals surface area contributed by atoms with Crippen molar-refractivity contribution in [3.05, 3.63) is 0 Å². The van der Waals surface area contributed by atoms with Crippen LogP contribution in [0.4, 0.5) is 0 Å². The minimum absolute atomic E-state index is 0.202. The molecule has 0 aromatic rings. The van der Waals surface area contributed by atoms with Crippen molar-refractivity contribution in [3.63, 3.8) is 0 Å². The Morgan fingerprint density at radius 1 is 1.35 bits per heavy atom. The number of nitrogens with zero attached hydrogens (tertiary/aromatic N) is 3. The molecule has 0 unspecified atom stereocenters. The molecule has 0 atom stereocenters. The second kappa shape index (κ2) is 7.38. The highest BCUT2D eigenvalue weighted by atomic mass is 32.2. The van der Waals surface area contributed by atoms with Gasteiger partial charge >= 0.3 is 0 Å². The molecule has 2 rings (SSSR count). The van der Waals surface area contributed by atoms with Crippen LogP contribution in [0.25, 0.3) is 0 Å². The Morgan fingerprint density at radius 2 is 2.04 bits per heavy atom. The van der Waals surface area contributed by atoms with Crippen LogP contribution in [-0.2, 0) is 9.84 Å². The van der Waals surface area contributed by atoms with E-state index in [-0.39, 0.29) is 5.75 Å². The lowest BCUT2D eigenvalue weighted by Gasteiger charge is -2.39. The third-order valence-corrected chi connectivity index (χ3v) is 7.33. The monoisotopic (exact) mass is 344 g/mol. The van der Waals surface area contributed by atoms with Gasteiger partial charge in [-0.3, -0.25) is 9.89 Å². The summed E-state index contributed by atoms with van der Waals surface area (Å²) < 4.78 is 23.6. The average Bonchev–Trinajstić information content (AvgIpc) is 3.30. The zero-order chi connectivity index (χ0) is 17.1. The van der Waals surface area contributed by atoms with Gasteiger partial charge < -0.3 is 10.2 Å². The lowest BCUT2D eigenvalue weighted by Crippen LogP contribution is -2.57. The molecule has 1 N–H and O–H groups in total. The van der Waals surface area contributed by atoms with Crippen molar-refractivity contribution in [3.8, 4) is 0 Å². The maximum Gasteiger partial charge on any atom is 0.194 e. The quantitative estimate of drug-likeness (QED) is 0.574. The number of guanidine groups is 1. The number of hydrogen-bond donors (Lipinski definition) is 1. The first kappa shape index (κ1) is 18.5. The molecule has 6 nitrogen and oxygen atoms in total. The highest BCUT2D eigenvalue weighted by Crippen LogP contribution is 2.26. The van der Waals surface area contributed by atoms with Crippen molar-refractivity contribution in [2.45, 2.75) is 51.3 Å². The summed E-state index contributed by atoms with van der Waals surface area (Å²) in [6.45, 7) is 12.5. The van der Waals surface area contributed by atoms with Crippen LogP contribution >= 0.6 is 0 Å². The van der Waals surface area contributed by atoms with E-state index in [1.165, 1.54) is 12.8 Å². The summed E-state index contributed by atoms with van der Waals surface area (Å²) >= 11 is 0.